The topological polar surface area (TPSA) is 83.1 Å². The molecular formula is C12H20ClN3O3S. The van der Waals surface area contributed by atoms with Gasteiger partial charge in [0.2, 0.25) is 0 Å². The highest BCUT2D eigenvalue weighted by Gasteiger charge is 2.30. The molecule has 114 valence electrons. The number of halogens is 1. The van der Waals surface area contributed by atoms with Gasteiger partial charge in [-0.3, -0.25) is 9.89 Å². The molecule has 0 unspecified atom stereocenters. The van der Waals surface area contributed by atoms with Crippen molar-refractivity contribution in [2.45, 2.75) is 39.0 Å². The Labute approximate surface area is 123 Å². The SMILES string of the molecule is CCc1[nH]nc(C(=O)N(CC)CC(C)C)c1S(=O)(=O)Cl. The van der Waals surface area contributed by atoms with E-state index in [0.717, 1.165) is 0 Å². The number of carbonyl (C=O) groups excluding carboxylic acids is 1. The smallest absolute Gasteiger partial charge is 0.275 e. The monoisotopic (exact) mass is 321 g/mol. The van der Waals surface area contributed by atoms with Crippen molar-refractivity contribution in [1.29, 1.82) is 0 Å². The van der Waals surface area contributed by atoms with Gasteiger partial charge in [-0.05, 0) is 19.3 Å². The number of aryl methyl sites for hydroxylation is 1. The van der Waals surface area contributed by atoms with Crippen molar-refractivity contribution in [1.82, 2.24) is 15.1 Å². The molecule has 0 spiro atoms. The van der Waals surface area contributed by atoms with Crippen LogP contribution in [0.3, 0.4) is 0 Å². The zero-order valence-electron chi connectivity index (χ0n) is 12.1. The minimum absolute atomic E-state index is 0.126. The van der Waals surface area contributed by atoms with Gasteiger partial charge in [0.05, 0.1) is 5.69 Å². The number of H-pyrrole nitrogens is 1. The van der Waals surface area contributed by atoms with Crippen LogP contribution in [0.15, 0.2) is 4.90 Å². The molecule has 1 amide bonds. The zero-order chi connectivity index (χ0) is 15.5. The van der Waals surface area contributed by atoms with E-state index >= 15 is 0 Å². The first-order valence-electron chi connectivity index (χ1n) is 6.53. The number of aromatic amines is 1. The predicted octanol–water partition coefficient (Wildman–Crippen LogP) is 2.02. The Bertz CT molecular complexity index is 581. The Morgan fingerprint density at radius 2 is 2.00 bits per heavy atom. The average molecular weight is 322 g/mol. The highest BCUT2D eigenvalue weighted by Crippen LogP contribution is 2.24. The van der Waals surface area contributed by atoms with E-state index < -0.39 is 15.0 Å². The van der Waals surface area contributed by atoms with Crippen molar-refractivity contribution >= 4 is 25.6 Å². The number of nitrogens with zero attached hydrogens (tertiary/aromatic N) is 2. The molecule has 1 heterocycles. The van der Waals surface area contributed by atoms with Crippen LogP contribution in [0.25, 0.3) is 0 Å². The van der Waals surface area contributed by atoms with Crippen molar-refractivity contribution in [3.63, 3.8) is 0 Å². The van der Waals surface area contributed by atoms with Crippen LogP contribution in [0.1, 0.15) is 43.9 Å². The average Bonchev–Trinajstić information content (AvgIpc) is 2.78. The van der Waals surface area contributed by atoms with Crippen molar-refractivity contribution in [2.24, 2.45) is 5.92 Å². The van der Waals surface area contributed by atoms with Crippen LogP contribution in [-0.4, -0.2) is 42.5 Å². The number of aromatic nitrogens is 2. The Morgan fingerprint density at radius 1 is 1.40 bits per heavy atom. The molecule has 0 aliphatic heterocycles. The molecule has 1 aromatic rings. The molecule has 0 radical (unpaired) electrons. The van der Waals surface area contributed by atoms with Gasteiger partial charge in [-0.15, -0.1) is 0 Å². The first-order valence-corrected chi connectivity index (χ1v) is 8.84. The van der Waals surface area contributed by atoms with E-state index in [1.165, 1.54) is 0 Å². The second-order valence-corrected chi connectivity index (χ2v) is 7.41. The van der Waals surface area contributed by atoms with Gasteiger partial charge in [0.25, 0.3) is 15.0 Å². The molecule has 1 aromatic heterocycles. The Balaban J connectivity index is 3.26. The Hall–Kier alpha value is -1.08. The van der Waals surface area contributed by atoms with E-state index in [1.54, 1.807) is 11.8 Å². The van der Waals surface area contributed by atoms with Gasteiger partial charge in [-0.1, -0.05) is 20.8 Å². The summed E-state index contributed by atoms with van der Waals surface area (Å²) >= 11 is 0. The van der Waals surface area contributed by atoms with Crippen LogP contribution >= 0.6 is 10.7 Å². The first kappa shape index (κ1) is 17.0. The van der Waals surface area contributed by atoms with Gasteiger partial charge >= 0.3 is 0 Å². The summed E-state index contributed by atoms with van der Waals surface area (Å²) in [4.78, 5) is 13.8. The molecule has 0 fully saturated rings. The highest BCUT2D eigenvalue weighted by atomic mass is 35.7. The molecule has 0 aliphatic rings. The number of rotatable bonds is 6. The largest absolute Gasteiger partial charge is 0.337 e. The summed E-state index contributed by atoms with van der Waals surface area (Å²) in [5.74, 6) is -0.143. The summed E-state index contributed by atoms with van der Waals surface area (Å²) in [6.45, 7) is 8.58. The third-order valence-electron chi connectivity index (χ3n) is 2.85. The second kappa shape index (κ2) is 6.58. The standard InChI is InChI=1S/C12H20ClN3O3S/c1-5-9-11(20(13,18)19)10(15-14-9)12(17)16(6-2)7-8(3)4/h8H,5-7H2,1-4H3,(H,14,15). The molecule has 0 saturated carbocycles. The summed E-state index contributed by atoms with van der Waals surface area (Å²) in [7, 11) is 1.41. The van der Waals surface area contributed by atoms with Crippen molar-refractivity contribution < 1.29 is 13.2 Å². The van der Waals surface area contributed by atoms with Gasteiger partial charge in [0, 0.05) is 23.8 Å². The van der Waals surface area contributed by atoms with Gasteiger partial charge in [0.1, 0.15) is 4.90 Å². The summed E-state index contributed by atoms with van der Waals surface area (Å²) in [5.41, 5.74) is 0.225. The summed E-state index contributed by atoms with van der Waals surface area (Å²) < 4.78 is 23.3. The molecule has 1 rings (SSSR count). The highest BCUT2D eigenvalue weighted by molar-refractivity contribution is 8.13. The third kappa shape index (κ3) is 3.73. The fourth-order valence-corrected chi connectivity index (χ4v) is 3.31. The summed E-state index contributed by atoms with van der Waals surface area (Å²) in [5, 5.41) is 6.43. The van der Waals surface area contributed by atoms with Gasteiger partial charge < -0.3 is 4.90 Å². The van der Waals surface area contributed by atoms with Crippen LogP contribution in [-0.2, 0) is 15.5 Å². The van der Waals surface area contributed by atoms with Crippen LogP contribution in [0, 0.1) is 5.92 Å². The fraction of sp³-hybridized carbons (Fsp3) is 0.667. The number of hydrogen-bond donors (Lipinski definition) is 1. The van der Waals surface area contributed by atoms with Crippen molar-refractivity contribution in [2.75, 3.05) is 13.1 Å². The lowest BCUT2D eigenvalue weighted by atomic mass is 10.2. The minimum atomic E-state index is -4.02. The van der Waals surface area contributed by atoms with E-state index in [2.05, 4.69) is 10.2 Å². The lowest BCUT2D eigenvalue weighted by Crippen LogP contribution is -2.34. The molecule has 0 bridgehead atoms. The van der Waals surface area contributed by atoms with Crippen molar-refractivity contribution in [3.8, 4) is 0 Å². The normalized spacial score (nSPS) is 11.9. The van der Waals surface area contributed by atoms with Crippen molar-refractivity contribution in [3.05, 3.63) is 11.4 Å². The molecule has 0 atom stereocenters. The maximum absolute atomic E-state index is 12.4. The molecule has 6 nitrogen and oxygen atoms in total. The Kier molecular flexibility index (Phi) is 5.59. The van der Waals surface area contributed by atoms with Gasteiger partial charge in [-0.25, -0.2) is 8.42 Å². The lowest BCUT2D eigenvalue weighted by Gasteiger charge is -2.22. The molecule has 8 heteroatoms. The lowest BCUT2D eigenvalue weighted by molar-refractivity contribution is 0.0736. The molecule has 20 heavy (non-hydrogen) atoms. The minimum Gasteiger partial charge on any atom is -0.337 e. The van der Waals surface area contributed by atoms with E-state index in [1.807, 2.05) is 20.8 Å². The summed E-state index contributed by atoms with van der Waals surface area (Å²) in [6, 6.07) is 0. The van der Waals surface area contributed by atoms with E-state index in [9.17, 15) is 13.2 Å². The first-order chi connectivity index (χ1) is 9.22. The van der Waals surface area contributed by atoms with E-state index in [0.29, 0.717) is 25.2 Å². The molecule has 1 N–H and O–H groups in total. The molecule has 0 aromatic carbocycles. The number of hydrogen-bond acceptors (Lipinski definition) is 4. The quantitative estimate of drug-likeness (QED) is 0.812. The second-order valence-electron chi connectivity index (χ2n) is 4.91. The van der Waals surface area contributed by atoms with Crippen LogP contribution < -0.4 is 0 Å². The molecular weight excluding hydrogens is 302 g/mol. The number of amides is 1. The van der Waals surface area contributed by atoms with E-state index in [-0.39, 0.29) is 16.5 Å². The maximum atomic E-state index is 12.4. The third-order valence-corrected chi connectivity index (χ3v) is 4.24. The molecule has 0 saturated heterocycles. The number of nitrogens with one attached hydrogen (secondary N) is 1. The fourth-order valence-electron chi connectivity index (χ4n) is 1.96. The van der Waals surface area contributed by atoms with E-state index in [4.69, 9.17) is 10.7 Å². The number of carbonyl (C=O) groups is 1. The van der Waals surface area contributed by atoms with Crippen LogP contribution in [0.4, 0.5) is 0 Å². The molecule has 0 aliphatic carbocycles. The summed E-state index contributed by atoms with van der Waals surface area (Å²) in [6.07, 6.45) is 0.401. The van der Waals surface area contributed by atoms with Gasteiger partial charge in [0.15, 0.2) is 5.69 Å². The van der Waals surface area contributed by atoms with Gasteiger partial charge in [-0.2, -0.15) is 5.10 Å². The maximum Gasteiger partial charge on any atom is 0.275 e. The van der Waals surface area contributed by atoms with Crippen LogP contribution in [0.2, 0.25) is 0 Å². The van der Waals surface area contributed by atoms with Crippen LogP contribution in [0.5, 0.6) is 0 Å². The predicted molar refractivity (Wildman–Crippen MR) is 77.4 cm³/mol. The Morgan fingerprint density at radius 3 is 2.40 bits per heavy atom. The zero-order valence-corrected chi connectivity index (χ0v) is 13.7.